The summed E-state index contributed by atoms with van der Waals surface area (Å²) in [5.41, 5.74) is 3.07. The lowest BCUT2D eigenvalue weighted by Gasteiger charge is -2.18. The summed E-state index contributed by atoms with van der Waals surface area (Å²) < 4.78 is 25.4. The third-order valence-corrected chi connectivity index (χ3v) is 7.43. The van der Waals surface area contributed by atoms with Crippen molar-refractivity contribution in [3.63, 3.8) is 0 Å². The molecule has 9 heteroatoms. The number of benzene rings is 1. The number of aromatic nitrogens is 2. The summed E-state index contributed by atoms with van der Waals surface area (Å²) in [6.07, 6.45) is 0.571. The molecule has 1 atom stereocenters. The summed E-state index contributed by atoms with van der Waals surface area (Å²) in [5.74, 6) is 0.136. The van der Waals surface area contributed by atoms with Gasteiger partial charge in [0.05, 0.1) is 33.3 Å². The van der Waals surface area contributed by atoms with Crippen LogP contribution in [0.2, 0.25) is 10.0 Å². The van der Waals surface area contributed by atoms with Gasteiger partial charge >= 0.3 is 0 Å². The summed E-state index contributed by atoms with van der Waals surface area (Å²) in [6, 6.07) is 4.65. The van der Waals surface area contributed by atoms with Crippen LogP contribution in [-0.4, -0.2) is 47.6 Å². The molecule has 1 aliphatic heterocycles. The lowest BCUT2D eigenvalue weighted by molar-refractivity contribution is 0.0784. The number of carbonyl (C=O) groups is 1. The van der Waals surface area contributed by atoms with Crippen LogP contribution < -0.4 is 0 Å². The zero-order valence-electron chi connectivity index (χ0n) is 15.4. The molecule has 146 valence electrons. The minimum absolute atomic E-state index is 0.118. The van der Waals surface area contributed by atoms with Crippen molar-refractivity contribution < 1.29 is 13.2 Å². The van der Waals surface area contributed by atoms with Crippen LogP contribution in [-0.2, 0) is 16.4 Å². The molecule has 2 aromatic rings. The van der Waals surface area contributed by atoms with Gasteiger partial charge in [-0.25, -0.2) is 8.42 Å². The number of carbonyl (C=O) groups excluding carboxylic acids is 1. The first-order valence-electron chi connectivity index (χ1n) is 8.54. The van der Waals surface area contributed by atoms with E-state index in [1.165, 1.54) is 0 Å². The zero-order valence-corrected chi connectivity index (χ0v) is 17.7. The highest BCUT2D eigenvalue weighted by Crippen LogP contribution is 2.28. The van der Waals surface area contributed by atoms with Gasteiger partial charge in [0.2, 0.25) is 0 Å². The molecule has 0 unspecified atom stereocenters. The maximum Gasteiger partial charge on any atom is 0.253 e. The molecule has 0 spiro atoms. The average molecular weight is 430 g/mol. The molecule has 0 radical (unpaired) electrons. The minimum atomic E-state index is -2.99. The molecule has 0 saturated carbocycles. The van der Waals surface area contributed by atoms with Crippen molar-refractivity contribution in [3.8, 4) is 0 Å². The fourth-order valence-electron chi connectivity index (χ4n) is 3.41. The molecule has 0 N–H and O–H groups in total. The number of halogens is 2. The number of hydrogen-bond donors (Lipinski definition) is 0. The van der Waals surface area contributed by atoms with Gasteiger partial charge in [-0.15, -0.1) is 0 Å². The van der Waals surface area contributed by atoms with E-state index in [0.717, 1.165) is 17.0 Å². The van der Waals surface area contributed by atoms with E-state index >= 15 is 0 Å². The number of aryl methyl sites for hydroxylation is 1. The molecule has 1 saturated heterocycles. The van der Waals surface area contributed by atoms with Crippen LogP contribution in [0.4, 0.5) is 0 Å². The molecule has 27 heavy (non-hydrogen) atoms. The normalized spacial score (nSPS) is 18.6. The molecule has 3 rings (SSSR count). The molecular weight excluding hydrogens is 409 g/mol. The average Bonchev–Trinajstić information content (AvgIpc) is 3.10. The number of hydrogen-bond acceptors (Lipinski definition) is 4. The van der Waals surface area contributed by atoms with Crippen LogP contribution in [0.5, 0.6) is 0 Å². The predicted octanol–water partition coefficient (Wildman–Crippen LogP) is 3.44. The monoisotopic (exact) mass is 429 g/mol. The second-order valence-corrected chi connectivity index (χ2v) is 9.98. The summed E-state index contributed by atoms with van der Waals surface area (Å²) >= 11 is 11.9. The van der Waals surface area contributed by atoms with Gasteiger partial charge < -0.3 is 4.90 Å². The summed E-state index contributed by atoms with van der Waals surface area (Å²) in [4.78, 5) is 14.3. The van der Waals surface area contributed by atoms with Gasteiger partial charge in [-0.1, -0.05) is 23.2 Å². The topological polar surface area (TPSA) is 72.3 Å². The summed E-state index contributed by atoms with van der Waals surface area (Å²) in [7, 11) is -1.28. The molecule has 1 aromatic carbocycles. The van der Waals surface area contributed by atoms with Gasteiger partial charge in [0.15, 0.2) is 9.84 Å². The molecule has 0 aliphatic carbocycles. The third kappa shape index (κ3) is 4.15. The zero-order chi connectivity index (χ0) is 19.9. The Morgan fingerprint density at radius 1 is 1.30 bits per heavy atom. The highest BCUT2D eigenvalue weighted by atomic mass is 35.5. The van der Waals surface area contributed by atoms with Crippen molar-refractivity contribution >= 4 is 38.9 Å². The lowest BCUT2D eigenvalue weighted by atomic mass is 10.1. The van der Waals surface area contributed by atoms with Gasteiger partial charge in [0.25, 0.3) is 5.91 Å². The van der Waals surface area contributed by atoms with Crippen LogP contribution in [0.25, 0.3) is 0 Å². The van der Waals surface area contributed by atoms with Gasteiger partial charge in [-0.2, -0.15) is 5.10 Å². The minimum Gasteiger partial charge on any atom is -0.337 e. The highest BCUT2D eigenvalue weighted by Gasteiger charge is 2.31. The number of rotatable bonds is 4. The quantitative estimate of drug-likeness (QED) is 0.745. The van der Waals surface area contributed by atoms with E-state index in [-0.39, 0.29) is 23.5 Å². The van der Waals surface area contributed by atoms with Crippen LogP contribution in [0.3, 0.4) is 0 Å². The smallest absolute Gasteiger partial charge is 0.253 e. The van der Waals surface area contributed by atoms with E-state index in [1.807, 2.05) is 13.8 Å². The Hall–Kier alpha value is -1.57. The van der Waals surface area contributed by atoms with Gasteiger partial charge in [0.1, 0.15) is 0 Å². The molecule has 1 amide bonds. The van der Waals surface area contributed by atoms with E-state index < -0.39 is 9.84 Å². The van der Waals surface area contributed by atoms with Crippen molar-refractivity contribution in [2.45, 2.75) is 32.9 Å². The fraction of sp³-hybridized carbons (Fsp3) is 0.444. The van der Waals surface area contributed by atoms with Crippen molar-refractivity contribution in [2.75, 3.05) is 18.6 Å². The first-order chi connectivity index (χ1) is 12.6. The highest BCUT2D eigenvalue weighted by molar-refractivity contribution is 7.91. The Balaban J connectivity index is 1.81. The van der Waals surface area contributed by atoms with Gasteiger partial charge in [-0.05, 0) is 38.5 Å². The van der Waals surface area contributed by atoms with E-state index in [0.29, 0.717) is 28.6 Å². The summed E-state index contributed by atoms with van der Waals surface area (Å²) in [5, 5.41) is 5.27. The molecule has 1 aliphatic rings. The Morgan fingerprint density at radius 3 is 2.59 bits per heavy atom. The van der Waals surface area contributed by atoms with E-state index in [2.05, 4.69) is 5.10 Å². The first-order valence-corrected chi connectivity index (χ1v) is 11.1. The van der Waals surface area contributed by atoms with Crippen molar-refractivity contribution in [3.05, 3.63) is 50.8 Å². The van der Waals surface area contributed by atoms with E-state index in [4.69, 9.17) is 23.2 Å². The molecule has 0 bridgehead atoms. The molecular formula is C18H21Cl2N3O3S. The van der Waals surface area contributed by atoms with Gasteiger partial charge in [0, 0.05) is 30.4 Å². The molecule has 1 fully saturated rings. The Bertz CT molecular complexity index is 1000. The number of sulfone groups is 1. The van der Waals surface area contributed by atoms with Crippen LogP contribution in [0, 0.1) is 13.8 Å². The predicted molar refractivity (Wildman–Crippen MR) is 106 cm³/mol. The number of nitrogens with zero attached hydrogens (tertiary/aromatic N) is 3. The lowest BCUT2D eigenvalue weighted by Crippen LogP contribution is -2.26. The molecule has 1 aromatic heterocycles. The number of amides is 1. The third-order valence-electron chi connectivity index (χ3n) is 4.94. The SMILES string of the molecule is Cc1nn([C@@H]2CCS(=O)(=O)C2)c(C)c1CN(C)C(=O)c1ccc(Cl)c(Cl)c1. The van der Waals surface area contributed by atoms with Gasteiger partial charge in [-0.3, -0.25) is 9.48 Å². The van der Waals surface area contributed by atoms with Crippen LogP contribution in [0.15, 0.2) is 18.2 Å². The second kappa shape index (κ2) is 7.45. The maximum atomic E-state index is 12.7. The van der Waals surface area contributed by atoms with Crippen LogP contribution in [0.1, 0.15) is 39.8 Å². The van der Waals surface area contributed by atoms with Crippen molar-refractivity contribution in [2.24, 2.45) is 0 Å². The molecule has 6 nitrogen and oxygen atoms in total. The molecule has 2 heterocycles. The van der Waals surface area contributed by atoms with E-state index in [9.17, 15) is 13.2 Å². The van der Waals surface area contributed by atoms with Crippen LogP contribution >= 0.6 is 23.2 Å². The first kappa shape index (κ1) is 20.2. The van der Waals surface area contributed by atoms with Crippen molar-refractivity contribution in [1.82, 2.24) is 14.7 Å². The Morgan fingerprint density at radius 2 is 2.00 bits per heavy atom. The fourth-order valence-corrected chi connectivity index (χ4v) is 5.40. The Kier molecular flexibility index (Phi) is 5.57. The summed E-state index contributed by atoms with van der Waals surface area (Å²) in [6.45, 7) is 4.16. The largest absolute Gasteiger partial charge is 0.337 e. The standard InChI is InChI=1S/C18H21Cl2N3O3S/c1-11-15(12(2)23(21-11)14-6-7-27(25,26)10-14)9-22(3)18(24)13-4-5-16(19)17(20)8-13/h4-5,8,14H,6-7,9-10H2,1-3H3/t14-/m1/s1. The van der Waals surface area contributed by atoms with Crippen molar-refractivity contribution in [1.29, 1.82) is 0 Å². The van der Waals surface area contributed by atoms with E-state index in [1.54, 1.807) is 34.8 Å². The maximum absolute atomic E-state index is 12.7. The second-order valence-electron chi connectivity index (χ2n) is 6.94. The Labute approximate surface area is 169 Å².